The molecule has 1 aromatic carbocycles. The fraction of sp³-hybridized carbons (Fsp3) is 0.522. The van der Waals surface area contributed by atoms with Crippen molar-refractivity contribution in [2.45, 2.75) is 78.4 Å². The number of aromatic nitrogens is 4. The highest BCUT2D eigenvalue weighted by molar-refractivity contribution is 7.78. The molecule has 0 spiro atoms. The van der Waals surface area contributed by atoms with E-state index in [-0.39, 0.29) is 29.9 Å². The zero-order chi connectivity index (χ0) is 25.0. The van der Waals surface area contributed by atoms with Crippen molar-refractivity contribution in [2.24, 2.45) is 5.73 Å². The quantitative estimate of drug-likeness (QED) is 0.377. The van der Waals surface area contributed by atoms with Gasteiger partial charge in [-0.05, 0) is 44.4 Å². The number of rotatable bonds is 11. The van der Waals surface area contributed by atoms with Crippen molar-refractivity contribution < 1.29 is 17.9 Å². The minimum atomic E-state index is -1.88. The summed E-state index contributed by atoms with van der Waals surface area (Å²) < 4.78 is 29.4. The average Bonchev–Trinajstić information content (AvgIpc) is 3.34. The molecule has 11 heteroatoms. The number of primary amides is 1. The predicted octanol–water partition coefficient (Wildman–Crippen LogP) is 3.39. The van der Waals surface area contributed by atoms with Crippen LogP contribution in [-0.4, -0.2) is 36.0 Å². The van der Waals surface area contributed by atoms with E-state index < -0.39 is 11.3 Å². The van der Waals surface area contributed by atoms with Crippen molar-refractivity contribution in [1.82, 2.24) is 24.5 Å². The molecule has 2 aromatic heterocycles. The van der Waals surface area contributed by atoms with Gasteiger partial charge in [0.1, 0.15) is 0 Å². The standard InChI is InChI=1S/C23H34N6O4S/c1-7-16(22-26-25-21-13-19(23(4,5)6)27-29(21)22)28-34(31)33-18-12-14(2)8-10-17(18)32-15(3)9-11-20(24)30/h8,10,12-13,15-16,27-28H,7,9,11H2,1-6H3,(H2,24,30). The lowest BCUT2D eigenvalue weighted by molar-refractivity contribution is -0.118. The Kier molecular flexibility index (Phi) is 7.98. The highest BCUT2D eigenvalue weighted by atomic mass is 32.2. The lowest BCUT2D eigenvalue weighted by Gasteiger charge is -2.19. The first-order valence-corrected chi connectivity index (χ1v) is 12.4. The van der Waals surface area contributed by atoms with Gasteiger partial charge in [-0.1, -0.05) is 33.8 Å². The van der Waals surface area contributed by atoms with E-state index in [1.54, 1.807) is 16.6 Å². The Labute approximate surface area is 202 Å². The topological polar surface area (TPSA) is 137 Å². The fourth-order valence-electron chi connectivity index (χ4n) is 3.35. The van der Waals surface area contributed by atoms with Gasteiger partial charge in [-0.25, -0.2) is 4.52 Å². The highest BCUT2D eigenvalue weighted by Crippen LogP contribution is 2.31. The second kappa shape index (κ2) is 10.6. The van der Waals surface area contributed by atoms with Gasteiger partial charge in [0.25, 0.3) is 11.3 Å². The zero-order valence-corrected chi connectivity index (χ0v) is 21.4. The molecule has 3 rings (SSSR count). The van der Waals surface area contributed by atoms with E-state index in [0.717, 1.165) is 11.3 Å². The summed E-state index contributed by atoms with van der Waals surface area (Å²) in [7, 11) is 0. The maximum Gasteiger partial charge on any atom is 0.288 e. The molecule has 0 fully saturated rings. The first-order chi connectivity index (χ1) is 16.0. The van der Waals surface area contributed by atoms with E-state index in [2.05, 4.69) is 40.8 Å². The Balaban J connectivity index is 1.74. The molecule has 10 nitrogen and oxygen atoms in total. The Morgan fingerprint density at radius 1 is 1.26 bits per heavy atom. The number of nitrogens with zero attached hydrogens (tertiary/aromatic N) is 3. The Hall–Kier alpha value is -2.92. The van der Waals surface area contributed by atoms with Crippen molar-refractivity contribution in [1.29, 1.82) is 0 Å². The van der Waals surface area contributed by atoms with Gasteiger partial charge in [0, 0.05) is 23.6 Å². The van der Waals surface area contributed by atoms with Gasteiger partial charge in [0.2, 0.25) is 5.91 Å². The van der Waals surface area contributed by atoms with Crippen molar-refractivity contribution in [3.05, 3.63) is 41.3 Å². The van der Waals surface area contributed by atoms with Crippen molar-refractivity contribution in [3.63, 3.8) is 0 Å². The van der Waals surface area contributed by atoms with Gasteiger partial charge in [0.15, 0.2) is 23.0 Å². The number of aromatic amines is 1. The number of benzene rings is 1. The number of nitrogens with one attached hydrogen (secondary N) is 2. The van der Waals surface area contributed by atoms with Crippen LogP contribution in [-0.2, 0) is 21.5 Å². The molecule has 0 bridgehead atoms. The molecule has 186 valence electrons. The number of hydrogen-bond donors (Lipinski definition) is 3. The molecule has 34 heavy (non-hydrogen) atoms. The lowest BCUT2D eigenvalue weighted by atomic mass is 9.93. The first kappa shape index (κ1) is 25.7. The first-order valence-electron chi connectivity index (χ1n) is 11.3. The van der Waals surface area contributed by atoms with Crippen molar-refractivity contribution >= 4 is 22.8 Å². The Morgan fingerprint density at radius 3 is 2.65 bits per heavy atom. The average molecular weight is 491 g/mol. The van der Waals surface area contributed by atoms with Crippen LogP contribution in [0.3, 0.4) is 0 Å². The molecule has 2 heterocycles. The molecule has 0 aliphatic carbocycles. The van der Waals surface area contributed by atoms with Gasteiger partial charge in [-0.3, -0.25) is 9.89 Å². The molecule has 0 saturated heterocycles. The number of ether oxygens (including phenoxy) is 1. The molecule has 0 radical (unpaired) electrons. The van der Waals surface area contributed by atoms with E-state index in [0.29, 0.717) is 35.8 Å². The van der Waals surface area contributed by atoms with Gasteiger partial charge in [0.05, 0.1) is 12.1 Å². The lowest BCUT2D eigenvalue weighted by Crippen LogP contribution is -2.28. The second-order valence-electron chi connectivity index (χ2n) is 9.45. The molecule has 3 aromatic rings. The van der Waals surface area contributed by atoms with E-state index in [9.17, 15) is 9.00 Å². The molecule has 0 saturated carbocycles. The van der Waals surface area contributed by atoms with Crippen LogP contribution in [0.5, 0.6) is 11.5 Å². The van der Waals surface area contributed by atoms with Crippen LogP contribution >= 0.6 is 0 Å². The van der Waals surface area contributed by atoms with Crippen LogP contribution in [0.25, 0.3) is 5.65 Å². The summed E-state index contributed by atoms with van der Waals surface area (Å²) in [5, 5.41) is 11.9. The van der Waals surface area contributed by atoms with Gasteiger partial charge >= 0.3 is 0 Å². The van der Waals surface area contributed by atoms with E-state index in [1.165, 1.54) is 0 Å². The SMILES string of the molecule is CCC(NS(=O)Oc1cc(C)ccc1OC(C)CCC(N)=O)c1nnc2cc(C(C)(C)C)[nH]n12. The third kappa shape index (κ3) is 6.35. The maximum absolute atomic E-state index is 12.9. The molecule has 3 unspecified atom stereocenters. The van der Waals surface area contributed by atoms with Crippen molar-refractivity contribution in [2.75, 3.05) is 0 Å². The van der Waals surface area contributed by atoms with Gasteiger partial charge in [-0.2, -0.15) is 8.93 Å². The third-order valence-electron chi connectivity index (χ3n) is 5.38. The Morgan fingerprint density at radius 2 is 2.00 bits per heavy atom. The number of nitrogens with two attached hydrogens (primary N) is 1. The van der Waals surface area contributed by atoms with Gasteiger partial charge < -0.3 is 14.7 Å². The molecule has 0 aliphatic heterocycles. The highest BCUT2D eigenvalue weighted by Gasteiger charge is 2.24. The molecular weight excluding hydrogens is 456 g/mol. The van der Waals surface area contributed by atoms with E-state index in [1.807, 2.05) is 32.9 Å². The van der Waals surface area contributed by atoms with Crippen LogP contribution in [0, 0.1) is 6.92 Å². The largest absolute Gasteiger partial charge is 0.487 e. The summed E-state index contributed by atoms with van der Waals surface area (Å²) in [6.07, 6.45) is 1.03. The fourth-order valence-corrected chi connectivity index (χ4v) is 4.19. The second-order valence-corrected chi connectivity index (χ2v) is 10.3. The summed E-state index contributed by atoms with van der Waals surface area (Å²) in [6.45, 7) is 12.0. The molecule has 0 aliphatic rings. The molecule has 3 atom stereocenters. The summed E-state index contributed by atoms with van der Waals surface area (Å²) >= 11 is -1.88. The minimum absolute atomic E-state index is 0.0742. The number of H-pyrrole nitrogens is 1. The molecule has 1 amide bonds. The van der Waals surface area contributed by atoms with Crippen LogP contribution in [0.2, 0.25) is 0 Å². The minimum Gasteiger partial charge on any atom is -0.487 e. The van der Waals surface area contributed by atoms with E-state index in [4.69, 9.17) is 14.7 Å². The number of fused-ring (bicyclic) bond motifs is 1. The summed E-state index contributed by atoms with van der Waals surface area (Å²) in [6, 6.07) is 6.98. The molecular formula is C23H34N6O4S. The zero-order valence-electron chi connectivity index (χ0n) is 20.5. The smallest absolute Gasteiger partial charge is 0.288 e. The van der Waals surface area contributed by atoms with Crippen LogP contribution in [0.4, 0.5) is 0 Å². The summed E-state index contributed by atoms with van der Waals surface area (Å²) in [5.74, 6) is 1.01. The summed E-state index contributed by atoms with van der Waals surface area (Å²) in [5.41, 5.74) is 7.80. The number of carbonyl (C=O) groups is 1. The summed E-state index contributed by atoms with van der Waals surface area (Å²) in [4.78, 5) is 11.1. The maximum atomic E-state index is 12.9. The molecule has 4 N–H and O–H groups in total. The van der Waals surface area contributed by atoms with Crippen molar-refractivity contribution in [3.8, 4) is 11.5 Å². The number of aryl methyl sites for hydroxylation is 1. The van der Waals surface area contributed by atoms with E-state index >= 15 is 0 Å². The van der Waals surface area contributed by atoms with Crippen LogP contribution in [0.1, 0.15) is 77.0 Å². The Bertz CT molecular complexity index is 1170. The normalized spacial score (nSPS) is 14.6. The third-order valence-corrected chi connectivity index (χ3v) is 6.18. The number of hydrogen-bond acceptors (Lipinski definition) is 6. The van der Waals surface area contributed by atoms with Crippen LogP contribution in [0.15, 0.2) is 24.3 Å². The number of amides is 1. The monoisotopic (exact) mass is 490 g/mol. The predicted molar refractivity (Wildman–Crippen MR) is 131 cm³/mol. The van der Waals surface area contributed by atoms with Crippen LogP contribution < -0.4 is 19.4 Å². The number of carbonyl (C=O) groups excluding carboxylic acids is 1. The van der Waals surface area contributed by atoms with Gasteiger partial charge in [-0.15, -0.1) is 10.2 Å².